The third kappa shape index (κ3) is 4.50. The number of aromatic nitrogens is 2. The van der Waals surface area contributed by atoms with Gasteiger partial charge in [-0.05, 0) is 39.0 Å². The van der Waals surface area contributed by atoms with Crippen LogP contribution >= 0.6 is 11.6 Å². The average molecular weight is 483 g/mol. The number of nitrogens with one attached hydrogen (secondary N) is 2. The predicted molar refractivity (Wildman–Crippen MR) is 137 cm³/mol. The number of carbonyl (C=O) groups is 1. The van der Waals surface area contributed by atoms with Crippen LogP contribution in [-0.4, -0.2) is 82.5 Å². The number of pyridine rings is 1. The van der Waals surface area contributed by atoms with Crippen LogP contribution < -0.4 is 5.32 Å². The van der Waals surface area contributed by atoms with Crippen LogP contribution in [0, 0.1) is 0 Å². The van der Waals surface area contributed by atoms with E-state index in [4.69, 9.17) is 16.3 Å². The van der Waals surface area contributed by atoms with Gasteiger partial charge < -0.3 is 19.9 Å². The van der Waals surface area contributed by atoms with E-state index in [1.807, 2.05) is 12.1 Å². The zero-order valence-corrected chi connectivity index (χ0v) is 20.7. The molecular weight excluding hydrogens is 452 g/mol. The van der Waals surface area contributed by atoms with E-state index in [-0.39, 0.29) is 11.5 Å². The maximum atomic E-state index is 13.5. The van der Waals surface area contributed by atoms with Crippen molar-refractivity contribution in [2.45, 2.75) is 38.8 Å². The highest BCUT2D eigenvalue weighted by Gasteiger charge is 2.38. The Bertz CT molecular complexity index is 1250. The molecule has 0 unspecified atom stereocenters. The van der Waals surface area contributed by atoms with E-state index >= 15 is 0 Å². The Morgan fingerprint density at radius 3 is 3.03 bits per heavy atom. The molecule has 34 heavy (non-hydrogen) atoms. The number of morpholine rings is 1. The molecule has 0 spiro atoms. The first-order valence-electron chi connectivity index (χ1n) is 11.9. The van der Waals surface area contributed by atoms with Crippen molar-refractivity contribution in [3.05, 3.63) is 35.6 Å². The third-order valence-electron chi connectivity index (χ3n) is 6.72. The van der Waals surface area contributed by atoms with Crippen molar-refractivity contribution in [2.24, 2.45) is 4.99 Å². The molecule has 1 atom stereocenters. The topological polar surface area (TPSA) is 85.9 Å². The van der Waals surface area contributed by atoms with Crippen molar-refractivity contribution in [3.63, 3.8) is 0 Å². The summed E-state index contributed by atoms with van der Waals surface area (Å²) >= 11 is 6.43. The molecule has 8 nitrogen and oxygen atoms in total. The average Bonchev–Trinajstić information content (AvgIpc) is 3.41. The Balaban J connectivity index is 1.38. The zero-order chi connectivity index (χ0) is 23.9. The van der Waals surface area contributed by atoms with E-state index in [0.717, 1.165) is 60.2 Å². The van der Waals surface area contributed by atoms with Crippen molar-refractivity contribution >= 4 is 50.8 Å². The lowest BCUT2D eigenvalue weighted by atomic mass is 10.0. The molecule has 0 bridgehead atoms. The molecule has 0 aliphatic carbocycles. The molecule has 2 N–H and O–H groups in total. The number of aliphatic imine (C=N–C) groups is 1. The Hall–Kier alpha value is -2.68. The molecule has 2 aliphatic heterocycles. The van der Waals surface area contributed by atoms with Crippen molar-refractivity contribution in [1.82, 2.24) is 19.8 Å². The van der Waals surface area contributed by atoms with Gasteiger partial charge in [0.05, 0.1) is 41.7 Å². The third-order valence-corrected chi connectivity index (χ3v) is 6.94. The number of hydrogen-bond acceptors (Lipinski definition) is 6. The van der Waals surface area contributed by atoms with E-state index in [1.165, 1.54) is 0 Å². The lowest BCUT2D eigenvalue weighted by Gasteiger charge is -2.43. The number of nitrogens with zero attached hydrogens (tertiary/aromatic N) is 4. The van der Waals surface area contributed by atoms with Gasteiger partial charge in [0.25, 0.3) is 0 Å². The van der Waals surface area contributed by atoms with Crippen LogP contribution in [0.25, 0.3) is 21.8 Å². The molecule has 9 heteroatoms. The highest BCUT2D eigenvalue weighted by Crippen LogP contribution is 2.33. The molecule has 2 aromatic heterocycles. The molecule has 2 aliphatic rings. The standard InChI is InChI=1S/C25H31ClN6O2/c1-4-31-10-8-28-22(31)6-9-32-15-25(2,3)34-14-21(32)24(33)30-19-12-16(26)11-18-17-5-7-27-13-20(17)29-23(18)19/h5,7,11-13,21,29H,4,6,8-10,14-15H2,1-3H3,(H,30,33)/t21-/m0/s1. The number of H-pyrrole nitrogens is 1. The summed E-state index contributed by atoms with van der Waals surface area (Å²) in [4.78, 5) is 30.3. The molecule has 180 valence electrons. The molecule has 1 amide bonds. The number of fused-ring (bicyclic) bond motifs is 3. The number of anilines is 1. The quantitative estimate of drug-likeness (QED) is 0.556. The summed E-state index contributed by atoms with van der Waals surface area (Å²) in [6, 6.07) is 5.24. The van der Waals surface area contributed by atoms with Crippen molar-refractivity contribution in [3.8, 4) is 0 Å². The first-order chi connectivity index (χ1) is 16.3. The highest BCUT2D eigenvalue weighted by atomic mass is 35.5. The van der Waals surface area contributed by atoms with Gasteiger partial charge in [-0.15, -0.1) is 0 Å². The molecule has 5 rings (SSSR count). The Morgan fingerprint density at radius 1 is 1.35 bits per heavy atom. The fraction of sp³-hybridized carbons (Fsp3) is 0.480. The molecular formula is C25H31ClN6O2. The number of benzene rings is 1. The number of hydrogen-bond donors (Lipinski definition) is 2. The maximum Gasteiger partial charge on any atom is 0.244 e. The lowest BCUT2D eigenvalue weighted by molar-refractivity contribution is -0.142. The van der Waals surface area contributed by atoms with Crippen LogP contribution in [0.4, 0.5) is 5.69 Å². The fourth-order valence-corrected chi connectivity index (χ4v) is 5.23. The first-order valence-corrected chi connectivity index (χ1v) is 12.2. The second-order valence-corrected chi connectivity index (χ2v) is 10.0. The first kappa shape index (κ1) is 23.1. The fourth-order valence-electron chi connectivity index (χ4n) is 5.01. The molecule has 4 heterocycles. The number of likely N-dealkylation sites (N-methyl/N-ethyl adjacent to an activating group) is 1. The van der Waals surface area contributed by atoms with E-state index in [9.17, 15) is 4.79 Å². The van der Waals surface area contributed by atoms with Gasteiger partial charge in [-0.3, -0.25) is 19.7 Å². The Labute approximate surface area is 204 Å². The number of ether oxygens (including phenoxy) is 1. The largest absolute Gasteiger partial charge is 0.372 e. The Kier molecular flexibility index (Phi) is 6.22. The van der Waals surface area contributed by atoms with Gasteiger partial charge in [-0.25, -0.2) is 0 Å². The summed E-state index contributed by atoms with van der Waals surface area (Å²) in [6.45, 7) is 10.8. The molecule has 0 saturated carbocycles. The normalized spacial score (nSPS) is 20.8. The van der Waals surface area contributed by atoms with Crippen LogP contribution in [0.3, 0.4) is 0 Å². The Morgan fingerprint density at radius 2 is 2.21 bits per heavy atom. The summed E-state index contributed by atoms with van der Waals surface area (Å²) in [7, 11) is 0. The number of carbonyl (C=O) groups excluding carboxylic acids is 1. The van der Waals surface area contributed by atoms with Crippen molar-refractivity contribution < 1.29 is 9.53 Å². The lowest BCUT2D eigenvalue weighted by Crippen LogP contribution is -2.58. The zero-order valence-electron chi connectivity index (χ0n) is 19.9. The monoisotopic (exact) mass is 482 g/mol. The van der Waals surface area contributed by atoms with Gasteiger partial charge in [0, 0.05) is 54.6 Å². The second kappa shape index (κ2) is 9.17. The number of halogens is 1. The van der Waals surface area contributed by atoms with E-state index in [0.29, 0.717) is 23.9 Å². The van der Waals surface area contributed by atoms with Gasteiger partial charge in [0.2, 0.25) is 5.91 Å². The molecule has 3 aromatic rings. The smallest absolute Gasteiger partial charge is 0.244 e. The predicted octanol–water partition coefficient (Wildman–Crippen LogP) is 3.91. The van der Waals surface area contributed by atoms with E-state index in [2.05, 4.69) is 50.8 Å². The molecule has 1 saturated heterocycles. The van der Waals surface area contributed by atoms with Gasteiger partial charge in [0.15, 0.2) is 0 Å². The van der Waals surface area contributed by atoms with Crippen LogP contribution in [0.15, 0.2) is 35.6 Å². The van der Waals surface area contributed by atoms with Crippen LogP contribution in [0.1, 0.15) is 27.2 Å². The highest BCUT2D eigenvalue weighted by molar-refractivity contribution is 6.33. The van der Waals surface area contributed by atoms with Gasteiger partial charge in [0.1, 0.15) is 11.9 Å². The maximum absolute atomic E-state index is 13.5. The second-order valence-electron chi connectivity index (χ2n) is 9.60. The molecule has 1 aromatic carbocycles. The van der Waals surface area contributed by atoms with Crippen LogP contribution in [0.2, 0.25) is 5.02 Å². The summed E-state index contributed by atoms with van der Waals surface area (Å²) in [6.07, 6.45) is 4.35. The van der Waals surface area contributed by atoms with Crippen LogP contribution in [0.5, 0.6) is 0 Å². The summed E-state index contributed by atoms with van der Waals surface area (Å²) in [5, 5.41) is 5.67. The number of amidine groups is 1. The van der Waals surface area contributed by atoms with Gasteiger partial charge >= 0.3 is 0 Å². The number of aromatic amines is 1. The summed E-state index contributed by atoms with van der Waals surface area (Å²) in [5.74, 6) is 1.03. The number of amides is 1. The van der Waals surface area contributed by atoms with Crippen LogP contribution in [-0.2, 0) is 9.53 Å². The summed E-state index contributed by atoms with van der Waals surface area (Å²) < 4.78 is 6.06. The van der Waals surface area contributed by atoms with E-state index in [1.54, 1.807) is 18.5 Å². The minimum Gasteiger partial charge on any atom is -0.372 e. The summed E-state index contributed by atoms with van der Waals surface area (Å²) in [5.41, 5.74) is 2.08. The van der Waals surface area contributed by atoms with Gasteiger partial charge in [-0.1, -0.05) is 11.6 Å². The minimum absolute atomic E-state index is 0.100. The molecule has 0 radical (unpaired) electrons. The molecule has 1 fully saturated rings. The van der Waals surface area contributed by atoms with E-state index < -0.39 is 6.04 Å². The number of rotatable bonds is 6. The van der Waals surface area contributed by atoms with Gasteiger partial charge in [-0.2, -0.15) is 0 Å². The van der Waals surface area contributed by atoms with Crippen molar-refractivity contribution in [1.29, 1.82) is 0 Å². The minimum atomic E-state index is -0.398. The van der Waals surface area contributed by atoms with Crippen molar-refractivity contribution in [2.75, 3.05) is 44.6 Å². The SMILES string of the molecule is CCN1CCN=C1CCN1CC(C)(C)OC[C@H]1C(=O)Nc1cc(Cl)cc2c1[nH]c1cnccc12.